The number of hydrogen-bond donors (Lipinski definition) is 3. The van der Waals surface area contributed by atoms with Gasteiger partial charge in [-0.25, -0.2) is 4.39 Å². The Morgan fingerprint density at radius 2 is 1.90 bits per heavy atom. The van der Waals surface area contributed by atoms with Crippen LogP contribution in [0.5, 0.6) is 0 Å². The molecule has 0 aliphatic carbocycles. The Bertz CT molecular complexity index is 811. The molecule has 3 rings (SSSR count). The first-order valence-corrected chi connectivity index (χ1v) is 9.96. The number of furan rings is 1. The Labute approximate surface area is 198 Å². The highest BCUT2D eigenvalue weighted by Gasteiger charge is 2.23. The Hall–Kier alpha value is -2.18. The minimum atomic E-state index is -0.259. The molecular formula is C21H29FIN5O3. The molecule has 2 aromatic rings. The monoisotopic (exact) mass is 545 g/mol. The van der Waals surface area contributed by atoms with Crippen molar-refractivity contribution >= 4 is 35.8 Å². The van der Waals surface area contributed by atoms with Gasteiger partial charge in [-0.1, -0.05) is 12.1 Å². The molecule has 1 aliphatic heterocycles. The summed E-state index contributed by atoms with van der Waals surface area (Å²) in [7, 11) is 1.65. The first kappa shape index (κ1) is 25.1. The number of aliphatic imine (C=N–C) groups is 1. The first-order chi connectivity index (χ1) is 14.7. The number of guanidine groups is 1. The van der Waals surface area contributed by atoms with E-state index in [1.165, 1.54) is 12.1 Å². The summed E-state index contributed by atoms with van der Waals surface area (Å²) >= 11 is 0. The summed E-state index contributed by atoms with van der Waals surface area (Å²) in [5.41, 5.74) is 1.01. The van der Waals surface area contributed by atoms with Crippen molar-refractivity contribution in [1.82, 2.24) is 20.9 Å². The van der Waals surface area contributed by atoms with E-state index < -0.39 is 0 Å². The second-order valence-corrected chi connectivity index (χ2v) is 6.88. The number of benzene rings is 1. The molecule has 10 heteroatoms. The van der Waals surface area contributed by atoms with Crippen molar-refractivity contribution in [3.05, 3.63) is 59.8 Å². The molecule has 0 radical (unpaired) electrons. The molecule has 1 aromatic heterocycles. The molecule has 0 saturated carbocycles. The Morgan fingerprint density at radius 3 is 2.55 bits per heavy atom. The number of halogens is 2. The molecule has 1 aromatic carbocycles. The zero-order valence-electron chi connectivity index (χ0n) is 17.5. The molecule has 0 spiro atoms. The fourth-order valence-electron chi connectivity index (χ4n) is 3.27. The molecule has 31 heavy (non-hydrogen) atoms. The first-order valence-electron chi connectivity index (χ1n) is 9.96. The van der Waals surface area contributed by atoms with Crippen molar-refractivity contribution in [2.45, 2.75) is 12.6 Å². The molecule has 170 valence electrons. The number of carbonyl (C=O) groups is 1. The molecule has 0 bridgehead atoms. The van der Waals surface area contributed by atoms with Gasteiger partial charge in [-0.05, 0) is 29.8 Å². The van der Waals surface area contributed by atoms with E-state index in [1.807, 2.05) is 0 Å². The van der Waals surface area contributed by atoms with Gasteiger partial charge in [0, 0.05) is 26.7 Å². The van der Waals surface area contributed by atoms with Gasteiger partial charge in [0.2, 0.25) is 5.91 Å². The van der Waals surface area contributed by atoms with Gasteiger partial charge in [0.25, 0.3) is 0 Å². The fraction of sp³-hybridized carbons (Fsp3) is 0.429. The van der Waals surface area contributed by atoms with Gasteiger partial charge in [0.15, 0.2) is 5.96 Å². The molecule has 1 saturated heterocycles. The number of amides is 1. The molecule has 1 fully saturated rings. The quantitative estimate of drug-likeness (QED) is 0.267. The van der Waals surface area contributed by atoms with Crippen molar-refractivity contribution in [3.63, 3.8) is 0 Å². The minimum Gasteiger partial charge on any atom is -0.467 e. The SMILES string of the molecule is CN=C(NCC(=O)NCc1ccco1)NCC(c1ccc(F)cc1)N1CCOCC1.I. The maximum absolute atomic E-state index is 13.4. The lowest BCUT2D eigenvalue weighted by Gasteiger charge is -2.35. The van der Waals surface area contributed by atoms with E-state index >= 15 is 0 Å². The van der Waals surface area contributed by atoms with E-state index in [4.69, 9.17) is 9.15 Å². The minimum absolute atomic E-state index is 0. The summed E-state index contributed by atoms with van der Waals surface area (Å²) in [6, 6.07) is 10.1. The molecule has 1 atom stereocenters. The van der Waals surface area contributed by atoms with Gasteiger partial charge >= 0.3 is 0 Å². The molecular weight excluding hydrogens is 516 g/mol. The Balaban J connectivity index is 0.00000341. The predicted molar refractivity (Wildman–Crippen MR) is 127 cm³/mol. The third-order valence-electron chi connectivity index (χ3n) is 4.88. The number of nitrogens with one attached hydrogen (secondary N) is 3. The van der Waals surface area contributed by atoms with Crippen LogP contribution in [0.15, 0.2) is 52.1 Å². The maximum Gasteiger partial charge on any atom is 0.239 e. The third kappa shape index (κ3) is 8.11. The number of ether oxygens (including phenoxy) is 1. The number of morpholine rings is 1. The summed E-state index contributed by atoms with van der Waals surface area (Å²) < 4.78 is 24.0. The van der Waals surface area contributed by atoms with E-state index in [0.717, 1.165) is 18.7 Å². The number of carbonyl (C=O) groups excluding carboxylic acids is 1. The summed E-state index contributed by atoms with van der Waals surface area (Å²) in [5, 5.41) is 9.06. The average Bonchev–Trinajstić information content (AvgIpc) is 3.30. The number of hydrogen-bond acceptors (Lipinski definition) is 5. The Morgan fingerprint density at radius 1 is 1.16 bits per heavy atom. The molecule has 1 amide bonds. The third-order valence-corrected chi connectivity index (χ3v) is 4.88. The highest BCUT2D eigenvalue weighted by atomic mass is 127. The largest absolute Gasteiger partial charge is 0.467 e. The van der Waals surface area contributed by atoms with Crippen LogP contribution in [0.2, 0.25) is 0 Å². The lowest BCUT2D eigenvalue weighted by molar-refractivity contribution is -0.120. The van der Waals surface area contributed by atoms with E-state index in [0.29, 0.717) is 38.0 Å². The van der Waals surface area contributed by atoms with Crippen LogP contribution >= 0.6 is 24.0 Å². The smallest absolute Gasteiger partial charge is 0.239 e. The van der Waals surface area contributed by atoms with Crippen molar-refractivity contribution in [2.24, 2.45) is 4.99 Å². The van der Waals surface area contributed by atoms with E-state index in [1.54, 1.807) is 37.6 Å². The standard InChI is InChI=1S/C21H28FN5O3.HI/c1-23-21(26-15-20(28)24-13-18-3-2-10-30-18)25-14-19(27-8-11-29-12-9-27)16-4-6-17(22)7-5-16;/h2-7,10,19H,8-9,11-15H2,1H3,(H,24,28)(H2,23,25,26);1H. The lowest BCUT2D eigenvalue weighted by Crippen LogP contribution is -2.47. The fourth-order valence-corrected chi connectivity index (χ4v) is 3.27. The van der Waals surface area contributed by atoms with Gasteiger partial charge in [-0.15, -0.1) is 24.0 Å². The number of nitrogens with zero attached hydrogens (tertiary/aromatic N) is 2. The highest BCUT2D eigenvalue weighted by molar-refractivity contribution is 14.0. The van der Waals surface area contributed by atoms with E-state index in [-0.39, 0.29) is 48.3 Å². The van der Waals surface area contributed by atoms with Crippen LogP contribution in [0, 0.1) is 5.82 Å². The van der Waals surface area contributed by atoms with Gasteiger partial charge in [0.05, 0.1) is 38.6 Å². The van der Waals surface area contributed by atoms with Gasteiger partial charge in [0.1, 0.15) is 11.6 Å². The average molecular weight is 545 g/mol. The topological polar surface area (TPSA) is 91.1 Å². The van der Waals surface area contributed by atoms with Crippen LogP contribution < -0.4 is 16.0 Å². The van der Waals surface area contributed by atoms with Crippen LogP contribution in [0.3, 0.4) is 0 Å². The van der Waals surface area contributed by atoms with Crippen LogP contribution in [-0.2, 0) is 16.1 Å². The second-order valence-electron chi connectivity index (χ2n) is 6.88. The highest BCUT2D eigenvalue weighted by Crippen LogP contribution is 2.21. The van der Waals surface area contributed by atoms with Crippen molar-refractivity contribution in [2.75, 3.05) is 46.4 Å². The molecule has 1 aliphatic rings. The van der Waals surface area contributed by atoms with Gasteiger partial charge in [-0.3, -0.25) is 14.7 Å². The lowest BCUT2D eigenvalue weighted by atomic mass is 10.0. The van der Waals surface area contributed by atoms with Crippen LogP contribution in [0.4, 0.5) is 4.39 Å². The zero-order chi connectivity index (χ0) is 21.2. The van der Waals surface area contributed by atoms with Crippen molar-refractivity contribution in [1.29, 1.82) is 0 Å². The maximum atomic E-state index is 13.4. The van der Waals surface area contributed by atoms with Crippen LogP contribution in [0.25, 0.3) is 0 Å². The normalized spacial score (nSPS) is 15.6. The predicted octanol–water partition coefficient (Wildman–Crippen LogP) is 1.89. The van der Waals surface area contributed by atoms with Crippen LogP contribution in [0.1, 0.15) is 17.4 Å². The van der Waals surface area contributed by atoms with Gasteiger partial charge in [-0.2, -0.15) is 0 Å². The zero-order valence-corrected chi connectivity index (χ0v) is 19.8. The molecule has 2 heterocycles. The van der Waals surface area contributed by atoms with Crippen molar-refractivity contribution < 1.29 is 18.3 Å². The van der Waals surface area contributed by atoms with Gasteiger partial charge < -0.3 is 25.1 Å². The second kappa shape index (κ2) is 13.3. The van der Waals surface area contributed by atoms with Crippen LogP contribution in [-0.4, -0.2) is 63.2 Å². The summed E-state index contributed by atoms with van der Waals surface area (Å²) in [6.07, 6.45) is 1.57. The Kier molecular flexibility index (Phi) is 10.7. The number of rotatable bonds is 8. The molecule has 1 unspecified atom stereocenters. The van der Waals surface area contributed by atoms with E-state index in [2.05, 4.69) is 25.8 Å². The molecule has 3 N–H and O–H groups in total. The van der Waals surface area contributed by atoms with E-state index in [9.17, 15) is 9.18 Å². The summed E-state index contributed by atoms with van der Waals surface area (Å²) in [5.74, 6) is 0.783. The summed E-state index contributed by atoms with van der Waals surface area (Å²) in [4.78, 5) is 18.5. The summed E-state index contributed by atoms with van der Waals surface area (Å²) in [6.45, 7) is 3.90. The molecule has 8 nitrogen and oxygen atoms in total. The van der Waals surface area contributed by atoms with Crippen molar-refractivity contribution in [3.8, 4) is 0 Å².